The smallest absolute Gasteiger partial charge is 0.313 e. The average molecular weight is 402 g/mol. The van der Waals surface area contributed by atoms with Gasteiger partial charge in [-0.05, 0) is 42.3 Å². The highest BCUT2D eigenvalue weighted by Crippen LogP contribution is 2.34. The van der Waals surface area contributed by atoms with Crippen molar-refractivity contribution in [3.8, 4) is 5.75 Å². The minimum atomic E-state index is -0.794. The van der Waals surface area contributed by atoms with Gasteiger partial charge in [0.15, 0.2) is 0 Å². The summed E-state index contributed by atoms with van der Waals surface area (Å²) in [5, 5.41) is 5.70. The quantitative estimate of drug-likeness (QED) is 0.754. The van der Waals surface area contributed by atoms with Gasteiger partial charge in [-0.25, -0.2) is 0 Å². The van der Waals surface area contributed by atoms with Gasteiger partial charge < -0.3 is 20.3 Å². The van der Waals surface area contributed by atoms with E-state index in [1.165, 1.54) is 7.11 Å². The van der Waals surface area contributed by atoms with Crippen LogP contribution in [0.2, 0.25) is 5.02 Å². The van der Waals surface area contributed by atoms with Crippen LogP contribution < -0.4 is 20.3 Å². The van der Waals surface area contributed by atoms with Crippen LogP contribution in [0.3, 0.4) is 0 Å². The van der Waals surface area contributed by atoms with Crippen molar-refractivity contribution in [3.63, 3.8) is 0 Å². The number of halogens is 1. The summed E-state index contributed by atoms with van der Waals surface area (Å²) >= 11 is 5.82. The highest BCUT2D eigenvalue weighted by atomic mass is 35.5. The summed E-state index contributed by atoms with van der Waals surface area (Å²) < 4.78 is 5.31. The second-order valence-corrected chi connectivity index (χ2v) is 6.74. The lowest BCUT2D eigenvalue weighted by Gasteiger charge is -2.20. The van der Waals surface area contributed by atoms with Crippen LogP contribution in [0.15, 0.2) is 42.5 Å². The van der Waals surface area contributed by atoms with Crippen molar-refractivity contribution in [1.29, 1.82) is 0 Å². The highest BCUT2D eigenvalue weighted by Gasteiger charge is 2.25. The Kier molecular flexibility index (Phi) is 6.16. The van der Waals surface area contributed by atoms with E-state index in [9.17, 15) is 14.4 Å². The molecular formula is C20H20ClN3O4. The van der Waals surface area contributed by atoms with E-state index in [4.69, 9.17) is 16.3 Å². The van der Waals surface area contributed by atoms with Crippen LogP contribution in [0.5, 0.6) is 5.75 Å². The number of nitrogens with zero attached hydrogens (tertiary/aromatic N) is 1. The predicted octanol–water partition coefficient (Wildman–Crippen LogP) is 2.73. The molecule has 28 heavy (non-hydrogen) atoms. The van der Waals surface area contributed by atoms with Crippen LogP contribution in [0.1, 0.15) is 18.4 Å². The van der Waals surface area contributed by atoms with Crippen molar-refractivity contribution < 1.29 is 19.1 Å². The van der Waals surface area contributed by atoms with Gasteiger partial charge >= 0.3 is 11.8 Å². The maximum atomic E-state index is 12.2. The molecule has 3 rings (SSSR count). The molecular weight excluding hydrogens is 382 g/mol. The third-order valence-electron chi connectivity index (χ3n) is 4.37. The molecule has 0 bridgehead atoms. The third-order valence-corrected chi connectivity index (χ3v) is 4.63. The van der Waals surface area contributed by atoms with E-state index in [2.05, 4.69) is 10.6 Å². The number of benzene rings is 2. The molecule has 0 aliphatic carbocycles. The number of carbonyl (C=O) groups excluding carboxylic acids is 3. The van der Waals surface area contributed by atoms with Crippen LogP contribution in [0.25, 0.3) is 0 Å². The summed E-state index contributed by atoms with van der Waals surface area (Å²) in [6.45, 7) is 0.799. The maximum Gasteiger partial charge on any atom is 0.313 e. The van der Waals surface area contributed by atoms with Crippen molar-refractivity contribution in [1.82, 2.24) is 5.32 Å². The van der Waals surface area contributed by atoms with Gasteiger partial charge in [-0.1, -0.05) is 23.7 Å². The Morgan fingerprint density at radius 3 is 2.54 bits per heavy atom. The first-order valence-corrected chi connectivity index (χ1v) is 9.18. The van der Waals surface area contributed by atoms with Gasteiger partial charge in [-0.2, -0.15) is 0 Å². The SMILES string of the molecule is COc1ccc(NC(=O)C(=O)NCc2ccc(Cl)cc2)cc1N1CCCC1=O. The molecule has 0 spiro atoms. The summed E-state index contributed by atoms with van der Waals surface area (Å²) in [6, 6.07) is 11.9. The average Bonchev–Trinajstić information content (AvgIpc) is 3.13. The number of methoxy groups -OCH3 is 1. The first kappa shape index (κ1) is 19.7. The fraction of sp³-hybridized carbons (Fsp3) is 0.250. The Morgan fingerprint density at radius 2 is 1.89 bits per heavy atom. The third kappa shape index (κ3) is 4.61. The molecule has 1 saturated heterocycles. The minimum absolute atomic E-state index is 0.00230. The van der Waals surface area contributed by atoms with E-state index in [-0.39, 0.29) is 12.5 Å². The van der Waals surface area contributed by atoms with Crippen LogP contribution in [-0.4, -0.2) is 31.4 Å². The number of amides is 3. The number of nitrogens with one attached hydrogen (secondary N) is 2. The summed E-state index contributed by atoms with van der Waals surface area (Å²) in [6.07, 6.45) is 1.25. The van der Waals surface area contributed by atoms with Crippen molar-refractivity contribution in [2.45, 2.75) is 19.4 Å². The fourth-order valence-electron chi connectivity index (χ4n) is 2.93. The van der Waals surface area contributed by atoms with Gasteiger partial charge in [-0.15, -0.1) is 0 Å². The molecule has 1 aliphatic heterocycles. The molecule has 7 nitrogen and oxygen atoms in total. The summed E-state index contributed by atoms with van der Waals surface area (Å²) in [4.78, 5) is 37.9. The number of anilines is 2. The number of ether oxygens (including phenoxy) is 1. The zero-order valence-corrected chi connectivity index (χ0v) is 16.1. The molecule has 0 atom stereocenters. The van der Waals surface area contributed by atoms with E-state index in [1.807, 2.05) is 0 Å². The lowest BCUT2D eigenvalue weighted by Crippen LogP contribution is -2.35. The minimum Gasteiger partial charge on any atom is -0.495 e. The van der Waals surface area contributed by atoms with E-state index in [1.54, 1.807) is 47.4 Å². The molecule has 2 aromatic rings. The second-order valence-electron chi connectivity index (χ2n) is 6.30. The molecule has 1 fully saturated rings. The Balaban J connectivity index is 1.65. The van der Waals surface area contributed by atoms with Gasteiger partial charge in [0.05, 0.1) is 12.8 Å². The van der Waals surface area contributed by atoms with Crippen molar-refractivity contribution in [2.24, 2.45) is 0 Å². The molecule has 2 N–H and O–H groups in total. The lowest BCUT2D eigenvalue weighted by atomic mass is 10.2. The summed E-state index contributed by atoms with van der Waals surface area (Å²) in [7, 11) is 1.52. The molecule has 1 heterocycles. The fourth-order valence-corrected chi connectivity index (χ4v) is 3.06. The van der Waals surface area contributed by atoms with E-state index in [0.29, 0.717) is 35.1 Å². The number of hydrogen-bond donors (Lipinski definition) is 2. The highest BCUT2D eigenvalue weighted by molar-refractivity contribution is 6.39. The van der Waals surface area contributed by atoms with Gasteiger partial charge in [0.1, 0.15) is 5.75 Å². The van der Waals surface area contributed by atoms with Gasteiger partial charge in [0.25, 0.3) is 0 Å². The van der Waals surface area contributed by atoms with Gasteiger partial charge in [0.2, 0.25) is 5.91 Å². The molecule has 3 amide bonds. The normalized spacial score (nSPS) is 13.4. The van der Waals surface area contributed by atoms with Gasteiger partial charge in [0, 0.05) is 30.2 Å². The van der Waals surface area contributed by atoms with Crippen molar-refractivity contribution >= 4 is 40.7 Å². The Bertz CT molecular complexity index is 899. The van der Waals surface area contributed by atoms with E-state index < -0.39 is 11.8 Å². The lowest BCUT2D eigenvalue weighted by molar-refractivity contribution is -0.136. The molecule has 0 radical (unpaired) electrons. The Hall–Kier alpha value is -3.06. The molecule has 0 aromatic heterocycles. The maximum absolute atomic E-state index is 12.2. The molecule has 2 aromatic carbocycles. The van der Waals surface area contributed by atoms with Crippen molar-refractivity contribution in [2.75, 3.05) is 23.9 Å². The van der Waals surface area contributed by atoms with Crippen LogP contribution >= 0.6 is 11.6 Å². The zero-order chi connectivity index (χ0) is 20.1. The molecule has 0 saturated carbocycles. The molecule has 1 aliphatic rings. The van der Waals surface area contributed by atoms with E-state index >= 15 is 0 Å². The molecule has 8 heteroatoms. The first-order valence-electron chi connectivity index (χ1n) is 8.80. The van der Waals surface area contributed by atoms with Crippen LogP contribution in [0.4, 0.5) is 11.4 Å². The Labute approximate surface area is 167 Å². The van der Waals surface area contributed by atoms with E-state index in [0.717, 1.165) is 12.0 Å². The van der Waals surface area contributed by atoms with Crippen LogP contribution in [0, 0.1) is 0 Å². The number of carbonyl (C=O) groups is 3. The standard InChI is InChI=1S/C20H20ClN3O4/c1-28-17-9-8-15(11-16(17)24-10-2-3-18(24)25)23-20(27)19(26)22-12-13-4-6-14(21)7-5-13/h4-9,11H,2-3,10,12H2,1H3,(H,22,26)(H,23,27). The van der Waals surface area contributed by atoms with Crippen molar-refractivity contribution in [3.05, 3.63) is 53.1 Å². The molecule has 146 valence electrons. The number of rotatable bonds is 5. The topological polar surface area (TPSA) is 87.7 Å². The largest absolute Gasteiger partial charge is 0.495 e. The van der Waals surface area contributed by atoms with Gasteiger partial charge in [-0.3, -0.25) is 14.4 Å². The number of hydrogen-bond acceptors (Lipinski definition) is 4. The predicted molar refractivity (Wildman–Crippen MR) is 107 cm³/mol. The van der Waals surface area contributed by atoms with Crippen LogP contribution in [-0.2, 0) is 20.9 Å². The molecule has 0 unspecified atom stereocenters. The monoisotopic (exact) mass is 401 g/mol. The Morgan fingerprint density at radius 1 is 1.14 bits per heavy atom. The zero-order valence-electron chi connectivity index (χ0n) is 15.3. The second kappa shape index (κ2) is 8.75. The summed E-state index contributed by atoms with van der Waals surface area (Å²) in [5.74, 6) is -1.02. The summed E-state index contributed by atoms with van der Waals surface area (Å²) in [5.41, 5.74) is 1.80. The first-order chi connectivity index (χ1) is 13.5.